The van der Waals surface area contributed by atoms with Crippen molar-refractivity contribution < 1.29 is 4.79 Å². The number of carbonyl (C=O) groups excluding carboxylic acids is 1. The number of hydrogen-bond acceptors (Lipinski definition) is 3. The van der Waals surface area contributed by atoms with E-state index in [-0.39, 0.29) is 5.91 Å². The van der Waals surface area contributed by atoms with Gasteiger partial charge in [0, 0.05) is 12.7 Å². The molecular formula is C15H23N3O. The van der Waals surface area contributed by atoms with Crippen LogP contribution < -0.4 is 11.1 Å². The molecule has 104 valence electrons. The third-order valence-corrected chi connectivity index (χ3v) is 4.03. The van der Waals surface area contributed by atoms with E-state index in [9.17, 15) is 4.79 Å². The van der Waals surface area contributed by atoms with Gasteiger partial charge in [-0.1, -0.05) is 32.6 Å². The van der Waals surface area contributed by atoms with E-state index in [0.717, 1.165) is 18.3 Å². The van der Waals surface area contributed by atoms with E-state index in [4.69, 9.17) is 5.73 Å². The number of carbonyl (C=O) groups is 1. The van der Waals surface area contributed by atoms with Crippen molar-refractivity contribution >= 4 is 11.6 Å². The number of hydrogen-bond donors (Lipinski definition) is 2. The minimum atomic E-state index is -0.165. The monoisotopic (exact) mass is 261 g/mol. The largest absolute Gasteiger partial charge is 0.397 e. The molecule has 0 aliphatic heterocycles. The number of nitrogens with two attached hydrogens (primary N) is 1. The molecule has 4 nitrogen and oxygen atoms in total. The number of pyridine rings is 1. The molecule has 1 heterocycles. The van der Waals surface area contributed by atoms with Crippen LogP contribution in [0, 0.1) is 11.8 Å². The fourth-order valence-electron chi connectivity index (χ4n) is 2.70. The summed E-state index contributed by atoms with van der Waals surface area (Å²) in [6.07, 6.45) is 7.89. The van der Waals surface area contributed by atoms with Crippen LogP contribution in [0.4, 0.5) is 5.69 Å². The lowest BCUT2D eigenvalue weighted by Gasteiger charge is -2.26. The van der Waals surface area contributed by atoms with Gasteiger partial charge in [0.25, 0.3) is 5.91 Å². The number of nitrogen functional groups attached to an aromatic ring is 1. The lowest BCUT2D eigenvalue weighted by molar-refractivity contribution is 0.0945. The van der Waals surface area contributed by atoms with Gasteiger partial charge < -0.3 is 11.1 Å². The Bertz CT molecular complexity index is 425. The Kier molecular flexibility index (Phi) is 4.77. The van der Waals surface area contributed by atoms with Gasteiger partial charge in [-0.15, -0.1) is 0 Å². The topological polar surface area (TPSA) is 68.0 Å². The quantitative estimate of drug-likeness (QED) is 0.875. The number of rotatable bonds is 4. The van der Waals surface area contributed by atoms with Gasteiger partial charge in [-0.2, -0.15) is 0 Å². The summed E-state index contributed by atoms with van der Waals surface area (Å²) in [7, 11) is 0. The Hall–Kier alpha value is -1.58. The lowest BCUT2D eigenvalue weighted by atomic mass is 9.81. The molecule has 1 aromatic rings. The minimum Gasteiger partial charge on any atom is -0.397 e. The van der Waals surface area contributed by atoms with E-state index < -0.39 is 0 Å². The van der Waals surface area contributed by atoms with Crippen molar-refractivity contribution in [3.8, 4) is 0 Å². The van der Waals surface area contributed by atoms with E-state index in [2.05, 4.69) is 17.2 Å². The van der Waals surface area contributed by atoms with Crippen molar-refractivity contribution in [3.63, 3.8) is 0 Å². The standard InChI is InChI=1S/C15H23N3O/c1-11-4-6-12(7-5-11)8-10-18-15(19)14-13(16)3-2-9-17-14/h2-3,9,11-12H,4-8,10,16H2,1H3,(H,18,19). The van der Waals surface area contributed by atoms with E-state index in [1.54, 1.807) is 18.3 Å². The van der Waals surface area contributed by atoms with Gasteiger partial charge in [-0.05, 0) is 30.4 Å². The number of aromatic nitrogens is 1. The van der Waals surface area contributed by atoms with Crippen LogP contribution in [0.3, 0.4) is 0 Å². The van der Waals surface area contributed by atoms with Crippen LogP contribution in [0.1, 0.15) is 49.5 Å². The summed E-state index contributed by atoms with van der Waals surface area (Å²) in [5, 5.41) is 2.92. The first kappa shape index (κ1) is 13.8. The summed E-state index contributed by atoms with van der Waals surface area (Å²) in [5.74, 6) is 1.47. The molecule has 0 bridgehead atoms. The third-order valence-electron chi connectivity index (χ3n) is 4.03. The molecule has 1 aromatic heterocycles. The molecular weight excluding hydrogens is 238 g/mol. The molecule has 19 heavy (non-hydrogen) atoms. The van der Waals surface area contributed by atoms with E-state index >= 15 is 0 Å². The molecule has 1 saturated carbocycles. The van der Waals surface area contributed by atoms with E-state index in [1.807, 2.05) is 0 Å². The van der Waals surface area contributed by atoms with Gasteiger partial charge in [0.1, 0.15) is 0 Å². The van der Waals surface area contributed by atoms with E-state index in [0.29, 0.717) is 17.9 Å². The lowest BCUT2D eigenvalue weighted by Crippen LogP contribution is -2.28. The second-order valence-electron chi connectivity index (χ2n) is 5.61. The zero-order valence-electron chi connectivity index (χ0n) is 11.6. The Morgan fingerprint density at radius 2 is 2.16 bits per heavy atom. The molecule has 1 aliphatic rings. The average molecular weight is 261 g/mol. The first-order chi connectivity index (χ1) is 9.16. The highest BCUT2D eigenvalue weighted by Crippen LogP contribution is 2.29. The van der Waals surface area contributed by atoms with Crippen LogP contribution in [0.25, 0.3) is 0 Å². The maximum absolute atomic E-state index is 11.9. The second-order valence-corrected chi connectivity index (χ2v) is 5.61. The van der Waals surface area contributed by atoms with E-state index in [1.165, 1.54) is 25.7 Å². The van der Waals surface area contributed by atoms with Crippen molar-refractivity contribution in [2.24, 2.45) is 11.8 Å². The van der Waals surface area contributed by atoms with Gasteiger partial charge in [-0.25, -0.2) is 4.98 Å². The molecule has 4 heteroatoms. The van der Waals surface area contributed by atoms with Crippen molar-refractivity contribution in [1.29, 1.82) is 0 Å². The van der Waals surface area contributed by atoms with Crippen molar-refractivity contribution in [3.05, 3.63) is 24.0 Å². The zero-order chi connectivity index (χ0) is 13.7. The number of nitrogens with zero attached hydrogens (tertiary/aromatic N) is 1. The van der Waals surface area contributed by atoms with Gasteiger partial charge in [0.05, 0.1) is 5.69 Å². The van der Waals surface area contributed by atoms with Gasteiger partial charge in [0.15, 0.2) is 5.69 Å². The molecule has 1 amide bonds. The Morgan fingerprint density at radius 3 is 2.84 bits per heavy atom. The second kappa shape index (κ2) is 6.55. The van der Waals surface area contributed by atoms with Gasteiger partial charge >= 0.3 is 0 Å². The molecule has 0 radical (unpaired) electrons. The number of anilines is 1. The molecule has 0 unspecified atom stereocenters. The SMILES string of the molecule is CC1CCC(CCNC(=O)c2ncccc2N)CC1. The summed E-state index contributed by atoms with van der Waals surface area (Å²) in [6, 6.07) is 3.43. The third kappa shape index (κ3) is 3.94. The minimum absolute atomic E-state index is 0.165. The summed E-state index contributed by atoms with van der Waals surface area (Å²) < 4.78 is 0. The van der Waals surface area contributed by atoms with Gasteiger partial charge in [-0.3, -0.25) is 4.79 Å². The predicted octanol–water partition coefficient (Wildman–Crippen LogP) is 2.61. The smallest absolute Gasteiger partial charge is 0.272 e. The Labute approximate surface area is 114 Å². The Morgan fingerprint density at radius 1 is 1.42 bits per heavy atom. The van der Waals surface area contributed by atoms with Crippen LogP contribution in [0.15, 0.2) is 18.3 Å². The molecule has 2 rings (SSSR count). The fourth-order valence-corrected chi connectivity index (χ4v) is 2.70. The summed E-state index contributed by atoms with van der Waals surface area (Å²) >= 11 is 0. The van der Waals surface area contributed by atoms with Crippen molar-refractivity contribution in [1.82, 2.24) is 10.3 Å². The number of nitrogens with one attached hydrogen (secondary N) is 1. The molecule has 0 aromatic carbocycles. The summed E-state index contributed by atoms with van der Waals surface area (Å²) in [6.45, 7) is 3.04. The molecule has 0 atom stereocenters. The molecule has 0 saturated heterocycles. The fraction of sp³-hybridized carbons (Fsp3) is 0.600. The number of amides is 1. The molecule has 1 aliphatic carbocycles. The Balaban J connectivity index is 1.74. The molecule has 1 fully saturated rings. The maximum Gasteiger partial charge on any atom is 0.272 e. The summed E-state index contributed by atoms with van der Waals surface area (Å²) in [5.41, 5.74) is 6.50. The summed E-state index contributed by atoms with van der Waals surface area (Å²) in [4.78, 5) is 15.9. The van der Waals surface area contributed by atoms with Crippen LogP contribution in [0.2, 0.25) is 0 Å². The van der Waals surface area contributed by atoms with Gasteiger partial charge in [0.2, 0.25) is 0 Å². The highest BCUT2D eigenvalue weighted by molar-refractivity contribution is 5.96. The van der Waals surface area contributed by atoms with Crippen LogP contribution in [-0.4, -0.2) is 17.4 Å². The highest BCUT2D eigenvalue weighted by Gasteiger charge is 2.18. The molecule has 0 spiro atoms. The zero-order valence-corrected chi connectivity index (χ0v) is 11.6. The van der Waals surface area contributed by atoms with Crippen molar-refractivity contribution in [2.75, 3.05) is 12.3 Å². The highest BCUT2D eigenvalue weighted by atomic mass is 16.1. The first-order valence-electron chi connectivity index (χ1n) is 7.15. The normalized spacial score (nSPS) is 23.0. The van der Waals surface area contributed by atoms with Crippen LogP contribution in [0.5, 0.6) is 0 Å². The first-order valence-corrected chi connectivity index (χ1v) is 7.15. The van der Waals surface area contributed by atoms with Crippen LogP contribution in [-0.2, 0) is 0 Å². The van der Waals surface area contributed by atoms with Crippen LogP contribution >= 0.6 is 0 Å². The predicted molar refractivity (Wildman–Crippen MR) is 76.7 cm³/mol. The average Bonchev–Trinajstić information content (AvgIpc) is 2.41. The molecule has 3 N–H and O–H groups in total. The van der Waals surface area contributed by atoms with Crippen molar-refractivity contribution in [2.45, 2.75) is 39.0 Å². The maximum atomic E-state index is 11.9.